The molecule has 1 atom stereocenters. The number of hydrogen-bond donors (Lipinski definition) is 1. The van der Waals surface area contributed by atoms with Crippen LogP contribution < -0.4 is 10.1 Å². The second-order valence-electron chi connectivity index (χ2n) is 8.08. The summed E-state index contributed by atoms with van der Waals surface area (Å²) in [6, 6.07) is 13.3. The van der Waals surface area contributed by atoms with Crippen molar-refractivity contribution in [3.8, 4) is 5.75 Å². The van der Waals surface area contributed by atoms with E-state index in [1.807, 2.05) is 50.8 Å². The Hall–Kier alpha value is -2.82. The minimum Gasteiger partial charge on any atom is -0.491 e. The molecule has 2 aromatic rings. The van der Waals surface area contributed by atoms with E-state index in [1.54, 1.807) is 24.3 Å². The Balaban J connectivity index is 1.61. The van der Waals surface area contributed by atoms with Crippen LogP contribution in [0.4, 0.5) is 0 Å². The first kappa shape index (κ1) is 20.9. The summed E-state index contributed by atoms with van der Waals surface area (Å²) < 4.78 is 5.95. The molecule has 0 bridgehead atoms. The van der Waals surface area contributed by atoms with Gasteiger partial charge >= 0.3 is 0 Å². The average Bonchev–Trinajstić information content (AvgIpc) is 3.14. The van der Waals surface area contributed by atoms with Gasteiger partial charge < -0.3 is 15.0 Å². The van der Waals surface area contributed by atoms with Crippen LogP contribution in [0.15, 0.2) is 42.5 Å². The summed E-state index contributed by atoms with van der Waals surface area (Å²) in [5, 5.41) is 2.87. The predicted molar refractivity (Wildman–Crippen MR) is 115 cm³/mol. The van der Waals surface area contributed by atoms with Crippen molar-refractivity contribution in [2.45, 2.75) is 52.6 Å². The van der Waals surface area contributed by atoms with Gasteiger partial charge in [0.25, 0.3) is 11.8 Å². The minimum absolute atomic E-state index is 0.0621. The van der Waals surface area contributed by atoms with Crippen molar-refractivity contribution in [1.82, 2.24) is 10.2 Å². The Bertz CT molecular complexity index is 874. The molecule has 5 nitrogen and oxygen atoms in total. The van der Waals surface area contributed by atoms with Gasteiger partial charge in [0.1, 0.15) is 12.4 Å². The van der Waals surface area contributed by atoms with E-state index in [0.29, 0.717) is 17.9 Å². The zero-order valence-corrected chi connectivity index (χ0v) is 17.7. The van der Waals surface area contributed by atoms with Crippen molar-refractivity contribution in [2.24, 2.45) is 0 Å². The van der Waals surface area contributed by atoms with Gasteiger partial charge in [0.05, 0.1) is 6.04 Å². The molecule has 1 N–H and O–H groups in total. The first-order chi connectivity index (χ1) is 13.8. The zero-order valence-electron chi connectivity index (χ0n) is 17.7. The van der Waals surface area contributed by atoms with E-state index in [0.717, 1.165) is 36.1 Å². The van der Waals surface area contributed by atoms with Gasteiger partial charge in [-0.25, -0.2) is 0 Å². The molecule has 1 unspecified atom stereocenters. The molecule has 2 amide bonds. The molecule has 3 rings (SSSR count). The Kier molecular flexibility index (Phi) is 6.57. The number of nitrogens with one attached hydrogen (secondary N) is 1. The van der Waals surface area contributed by atoms with E-state index in [1.165, 1.54) is 0 Å². The molecule has 2 aromatic carbocycles. The number of carbonyl (C=O) groups excluding carboxylic acids is 2. The summed E-state index contributed by atoms with van der Waals surface area (Å²) in [5.41, 5.74) is 3.55. The van der Waals surface area contributed by atoms with E-state index >= 15 is 0 Å². The van der Waals surface area contributed by atoms with Crippen molar-refractivity contribution in [2.75, 3.05) is 13.2 Å². The molecule has 1 heterocycles. The molecular weight excluding hydrogens is 364 g/mol. The third-order valence-electron chi connectivity index (χ3n) is 5.23. The first-order valence-electron chi connectivity index (χ1n) is 10.3. The van der Waals surface area contributed by atoms with Gasteiger partial charge in [-0.3, -0.25) is 9.59 Å². The maximum absolute atomic E-state index is 13.0. The SMILES string of the molecule is Cc1ccc(C(=O)N2CCCC2COc2ccc(C(=O)NC(C)C)cc2)c(C)c1. The van der Waals surface area contributed by atoms with Crippen LogP contribution in [-0.4, -0.2) is 41.9 Å². The van der Waals surface area contributed by atoms with E-state index in [2.05, 4.69) is 5.32 Å². The van der Waals surface area contributed by atoms with Crippen molar-refractivity contribution in [1.29, 1.82) is 0 Å². The summed E-state index contributed by atoms with van der Waals surface area (Å²) in [4.78, 5) is 27.0. The number of rotatable bonds is 6. The molecule has 5 heteroatoms. The number of aryl methyl sites for hydroxylation is 2. The number of hydrogen-bond acceptors (Lipinski definition) is 3. The Morgan fingerprint density at radius 2 is 1.86 bits per heavy atom. The number of nitrogens with zero attached hydrogens (tertiary/aromatic N) is 1. The molecule has 1 aliphatic rings. The Morgan fingerprint density at radius 3 is 2.52 bits per heavy atom. The lowest BCUT2D eigenvalue weighted by molar-refractivity contribution is 0.0690. The van der Waals surface area contributed by atoms with Gasteiger partial charge in [-0.1, -0.05) is 17.7 Å². The highest BCUT2D eigenvalue weighted by Gasteiger charge is 2.30. The smallest absolute Gasteiger partial charge is 0.254 e. The topological polar surface area (TPSA) is 58.6 Å². The number of ether oxygens (including phenoxy) is 1. The molecule has 0 radical (unpaired) electrons. The quantitative estimate of drug-likeness (QED) is 0.802. The van der Waals surface area contributed by atoms with Crippen molar-refractivity contribution in [3.05, 3.63) is 64.7 Å². The molecule has 1 aliphatic heterocycles. The minimum atomic E-state index is -0.0902. The van der Waals surface area contributed by atoms with Crippen LogP contribution in [0.5, 0.6) is 5.75 Å². The van der Waals surface area contributed by atoms with Gasteiger partial charge in [0, 0.05) is 23.7 Å². The number of benzene rings is 2. The molecule has 29 heavy (non-hydrogen) atoms. The summed E-state index contributed by atoms with van der Waals surface area (Å²) >= 11 is 0. The first-order valence-corrected chi connectivity index (χ1v) is 10.3. The van der Waals surface area contributed by atoms with Crippen LogP contribution in [0.2, 0.25) is 0 Å². The number of amides is 2. The van der Waals surface area contributed by atoms with Crippen molar-refractivity contribution < 1.29 is 14.3 Å². The standard InChI is InChI=1S/C24H30N2O3/c1-16(2)25-23(27)19-8-10-21(11-9-19)29-15-20-6-5-13-26(20)24(28)22-12-7-17(3)14-18(22)4/h7-12,14,16,20H,5-6,13,15H2,1-4H3,(H,25,27). The van der Waals surface area contributed by atoms with Crippen molar-refractivity contribution in [3.63, 3.8) is 0 Å². The summed E-state index contributed by atoms with van der Waals surface area (Å²) in [6.45, 7) is 9.09. The highest BCUT2D eigenvalue weighted by Crippen LogP contribution is 2.23. The lowest BCUT2D eigenvalue weighted by Crippen LogP contribution is -2.39. The van der Waals surface area contributed by atoms with E-state index in [9.17, 15) is 9.59 Å². The molecule has 0 aliphatic carbocycles. The third-order valence-corrected chi connectivity index (χ3v) is 5.23. The number of carbonyl (C=O) groups is 2. The maximum Gasteiger partial charge on any atom is 0.254 e. The van der Waals surface area contributed by atoms with E-state index in [4.69, 9.17) is 4.74 Å². The van der Waals surface area contributed by atoms with Crippen molar-refractivity contribution >= 4 is 11.8 Å². The monoisotopic (exact) mass is 394 g/mol. The third kappa shape index (κ3) is 5.17. The molecule has 1 saturated heterocycles. The Morgan fingerprint density at radius 1 is 1.14 bits per heavy atom. The highest BCUT2D eigenvalue weighted by atomic mass is 16.5. The van der Waals surface area contributed by atoms with E-state index < -0.39 is 0 Å². The summed E-state index contributed by atoms with van der Waals surface area (Å²) in [5.74, 6) is 0.693. The second kappa shape index (κ2) is 9.12. The maximum atomic E-state index is 13.0. The van der Waals surface area contributed by atoms with Crippen LogP contribution in [0.25, 0.3) is 0 Å². The van der Waals surface area contributed by atoms with Crippen LogP contribution in [0.3, 0.4) is 0 Å². The molecule has 0 aromatic heterocycles. The van der Waals surface area contributed by atoms with Crippen LogP contribution in [0.1, 0.15) is 58.5 Å². The summed E-state index contributed by atoms with van der Waals surface area (Å²) in [7, 11) is 0. The van der Waals surface area contributed by atoms with E-state index in [-0.39, 0.29) is 23.9 Å². The Labute approximate surface area is 173 Å². The van der Waals surface area contributed by atoms with Gasteiger partial charge in [0.2, 0.25) is 0 Å². The highest BCUT2D eigenvalue weighted by molar-refractivity contribution is 5.96. The van der Waals surface area contributed by atoms with Gasteiger partial charge in [0.15, 0.2) is 0 Å². The zero-order chi connectivity index (χ0) is 21.0. The molecule has 154 valence electrons. The fourth-order valence-electron chi connectivity index (χ4n) is 3.73. The van der Waals surface area contributed by atoms with Crippen LogP contribution >= 0.6 is 0 Å². The van der Waals surface area contributed by atoms with Crippen LogP contribution in [-0.2, 0) is 0 Å². The largest absolute Gasteiger partial charge is 0.491 e. The van der Waals surface area contributed by atoms with Gasteiger partial charge in [-0.2, -0.15) is 0 Å². The molecule has 0 spiro atoms. The summed E-state index contributed by atoms with van der Waals surface area (Å²) in [6.07, 6.45) is 1.92. The molecule has 1 fully saturated rings. The predicted octanol–water partition coefficient (Wildman–Crippen LogP) is 4.13. The number of likely N-dealkylation sites (tertiary alicyclic amines) is 1. The van der Waals surface area contributed by atoms with Gasteiger partial charge in [-0.15, -0.1) is 0 Å². The average molecular weight is 395 g/mol. The molecular formula is C24H30N2O3. The fraction of sp³-hybridized carbons (Fsp3) is 0.417. The lowest BCUT2D eigenvalue weighted by Gasteiger charge is -2.25. The van der Waals surface area contributed by atoms with Gasteiger partial charge in [-0.05, 0) is 76.4 Å². The second-order valence-corrected chi connectivity index (χ2v) is 8.08. The fourth-order valence-corrected chi connectivity index (χ4v) is 3.73. The van der Waals surface area contributed by atoms with Crippen LogP contribution in [0, 0.1) is 13.8 Å². The normalized spacial score (nSPS) is 16.2. The lowest BCUT2D eigenvalue weighted by atomic mass is 10.0. The molecule has 0 saturated carbocycles.